The predicted molar refractivity (Wildman–Crippen MR) is 100 cm³/mol. The lowest BCUT2D eigenvalue weighted by Gasteiger charge is -2.08. The summed E-state index contributed by atoms with van der Waals surface area (Å²) >= 11 is 0. The van der Waals surface area contributed by atoms with Gasteiger partial charge in [-0.15, -0.1) is 0 Å². The lowest BCUT2D eigenvalue weighted by molar-refractivity contribution is -0.384. The summed E-state index contributed by atoms with van der Waals surface area (Å²) in [5, 5.41) is 13.2. The van der Waals surface area contributed by atoms with Gasteiger partial charge in [0.1, 0.15) is 12.4 Å². The molecule has 0 radical (unpaired) electrons. The molecule has 148 valence electrons. The van der Waals surface area contributed by atoms with Crippen LogP contribution in [0.15, 0.2) is 48.5 Å². The maximum Gasteiger partial charge on any atom is 0.338 e. The molecule has 0 saturated heterocycles. The van der Waals surface area contributed by atoms with Crippen LogP contribution in [0.2, 0.25) is 0 Å². The molecule has 2 aromatic carbocycles. The largest absolute Gasteiger partial charge is 0.484 e. The summed E-state index contributed by atoms with van der Waals surface area (Å²) in [5.41, 5.74) is 0.785. The molecule has 0 aliphatic heterocycles. The van der Waals surface area contributed by atoms with Crippen LogP contribution in [-0.4, -0.2) is 43.2 Å². The van der Waals surface area contributed by atoms with Crippen LogP contribution < -0.4 is 10.1 Å². The molecule has 0 atom stereocenters. The first-order valence-electron chi connectivity index (χ1n) is 8.51. The Morgan fingerprint density at radius 2 is 1.71 bits per heavy atom. The van der Waals surface area contributed by atoms with Crippen molar-refractivity contribution in [1.29, 1.82) is 0 Å². The molecule has 2 aromatic rings. The lowest BCUT2D eigenvalue weighted by Crippen LogP contribution is -2.20. The molecule has 0 aliphatic carbocycles. The number of amides is 1. The first-order valence-corrected chi connectivity index (χ1v) is 8.51. The van der Waals surface area contributed by atoms with Gasteiger partial charge in [0, 0.05) is 24.4 Å². The van der Waals surface area contributed by atoms with Gasteiger partial charge < -0.3 is 19.5 Å². The van der Waals surface area contributed by atoms with E-state index in [2.05, 4.69) is 5.32 Å². The van der Waals surface area contributed by atoms with Crippen LogP contribution in [-0.2, 0) is 14.3 Å². The molecule has 0 saturated carbocycles. The SMILES string of the molecule is CCOCCOC(=O)c1ccc(NC(=O)COc2ccc([N+](=O)[O-])cc2)cc1. The monoisotopic (exact) mass is 388 g/mol. The number of hydrogen-bond acceptors (Lipinski definition) is 7. The van der Waals surface area contributed by atoms with Gasteiger partial charge in [-0.3, -0.25) is 14.9 Å². The summed E-state index contributed by atoms with van der Waals surface area (Å²) in [7, 11) is 0. The quantitative estimate of drug-likeness (QED) is 0.288. The van der Waals surface area contributed by atoms with Gasteiger partial charge in [-0.05, 0) is 43.3 Å². The number of nitro benzene ring substituents is 1. The van der Waals surface area contributed by atoms with E-state index in [1.54, 1.807) is 12.1 Å². The third kappa shape index (κ3) is 6.69. The van der Waals surface area contributed by atoms with Crippen LogP contribution in [0, 0.1) is 10.1 Å². The van der Waals surface area contributed by atoms with Crippen molar-refractivity contribution in [3.63, 3.8) is 0 Å². The molecule has 0 unspecified atom stereocenters. The summed E-state index contributed by atoms with van der Waals surface area (Å²) in [4.78, 5) is 33.8. The number of carbonyl (C=O) groups excluding carboxylic acids is 2. The Balaban J connectivity index is 1.78. The summed E-state index contributed by atoms with van der Waals surface area (Å²) in [6, 6.07) is 11.6. The number of esters is 1. The molecular weight excluding hydrogens is 368 g/mol. The standard InChI is InChI=1S/C19H20N2O7/c1-2-26-11-12-27-19(23)14-3-5-15(6-4-14)20-18(22)13-28-17-9-7-16(8-10-17)21(24)25/h3-10H,2,11-13H2,1H3,(H,20,22). The third-order valence-corrected chi connectivity index (χ3v) is 3.49. The molecule has 2 rings (SSSR count). The number of rotatable bonds is 10. The molecule has 0 heterocycles. The molecule has 0 fully saturated rings. The number of nitrogens with zero attached hydrogens (tertiary/aromatic N) is 1. The van der Waals surface area contributed by atoms with Crippen LogP contribution in [0.1, 0.15) is 17.3 Å². The molecule has 0 aliphatic rings. The minimum atomic E-state index is -0.519. The van der Waals surface area contributed by atoms with Crippen LogP contribution in [0.5, 0.6) is 5.75 Å². The number of hydrogen-bond donors (Lipinski definition) is 1. The van der Waals surface area contributed by atoms with Crippen molar-refractivity contribution < 1.29 is 28.7 Å². The molecule has 28 heavy (non-hydrogen) atoms. The van der Waals surface area contributed by atoms with Gasteiger partial charge in [0.2, 0.25) is 0 Å². The minimum absolute atomic E-state index is 0.0618. The van der Waals surface area contributed by atoms with Gasteiger partial charge in [-0.2, -0.15) is 0 Å². The maximum absolute atomic E-state index is 11.9. The Kier molecular flexibility index (Phi) is 7.92. The number of nitrogens with one attached hydrogen (secondary N) is 1. The topological polar surface area (TPSA) is 117 Å². The second-order valence-corrected chi connectivity index (χ2v) is 5.50. The Bertz CT molecular complexity index is 804. The molecular formula is C19H20N2O7. The molecule has 0 bridgehead atoms. The average molecular weight is 388 g/mol. The Morgan fingerprint density at radius 1 is 1.04 bits per heavy atom. The van der Waals surface area contributed by atoms with Crippen molar-refractivity contribution in [3.05, 3.63) is 64.2 Å². The smallest absolute Gasteiger partial charge is 0.338 e. The fraction of sp³-hybridized carbons (Fsp3) is 0.263. The summed E-state index contributed by atoms with van der Waals surface area (Å²) in [6.07, 6.45) is 0. The van der Waals surface area contributed by atoms with E-state index in [1.807, 2.05) is 6.92 Å². The van der Waals surface area contributed by atoms with Crippen LogP contribution in [0.25, 0.3) is 0 Å². The van der Waals surface area contributed by atoms with E-state index in [-0.39, 0.29) is 18.9 Å². The number of carbonyl (C=O) groups is 2. The van der Waals surface area contributed by atoms with Gasteiger partial charge in [0.05, 0.1) is 17.1 Å². The van der Waals surface area contributed by atoms with Gasteiger partial charge in [0.15, 0.2) is 6.61 Å². The van der Waals surface area contributed by atoms with Crippen molar-refractivity contribution in [2.75, 3.05) is 31.7 Å². The zero-order valence-electron chi connectivity index (χ0n) is 15.3. The number of anilines is 1. The van der Waals surface area contributed by atoms with Gasteiger partial charge in [-0.25, -0.2) is 4.79 Å². The van der Waals surface area contributed by atoms with Crippen molar-refractivity contribution in [3.8, 4) is 5.75 Å². The molecule has 1 amide bonds. The van der Waals surface area contributed by atoms with E-state index >= 15 is 0 Å². The molecule has 9 heteroatoms. The van der Waals surface area contributed by atoms with Crippen molar-refractivity contribution in [2.24, 2.45) is 0 Å². The maximum atomic E-state index is 11.9. The molecule has 0 aromatic heterocycles. The van der Waals surface area contributed by atoms with Crippen molar-refractivity contribution >= 4 is 23.3 Å². The van der Waals surface area contributed by atoms with Gasteiger partial charge in [0.25, 0.3) is 11.6 Å². The minimum Gasteiger partial charge on any atom is -0.484 e. The summed E-state index contributed by atoms with van der Waals surface area (Å²) in [6.45, 7) is 2.65. The second-order valence-electron chi connectivity index (χ2n) is 5.50. The Hall–Kier alpha value is -3.46. The molecule has 0 spiro atoms. The van der Waals surface area contributed by atoms with E-state index in [1.165, 1.54) is 36.4 Å². The van der Waals surface area contributed by atoms with Crippen LogP contribution >= 0.6 is 0 Å². The summed E-state index contributed by atoms with van der Waals surface area (Å²) < 4.78 is 15.4. The van der Waals surface area contributed by atoms with E-state index in [0.29, 0.717) is 30.2 Å². The fourth-order valence-electron chi connectivity index (χ4n) is 2.12. The first-order chi connectivity index (χ1) is 13.5. The van der Waals surface area contributed by atoms with E-state index in [9.17, 15) is 19.7 Å². The normalized spacial score (nSPS) is 10.2. The zero-order chi connectivity index (χ0) is 20.4. The van der Waals surface area contributed by atoms with Crippen molar-refractivity contribution in [1.82, 2.24) is 0 Å². The van der Waals surface area contributed by atoms with Crippen LogP contribution in [0.4, 0.5) is 11.4 Å². The second kappa shape index (κ2) is 10.6. The molecule has 9 nitrogen and oxygen atoms in total. The molecule has 1 N–H and O–H groups in total. The predicted octanol–water partition coefficient (Wildman–Crippen LogP) is 2.81. The zero-order valence-corrected chi connectivity index (χ0v) is 15.3. The Labute approximate surface area is 161 Å². The van der Waals surface area contributed by atoms with E-state index in [0.717, 1.165) is 0 Å². The van der Waals surface area contributed by atoms with Gasteiger partial charge >= 0.3 is 5.97 Å². The summed E-state index contributed by atoms with van der Waals surface area (Å²) in [5.74, 6) is -0.546. The van der Waals surface area contributed by atoms with Crippen LogP contribution in [0.3, 0.4) is 0 Å². The number of ether oxygens (including phenoxy) is 3. The van der Waals surface area contributed by atoms with Crippen molar-refractivity contribution in [2.45, 2.75) is 6.92 Å². The highest BCUT2D eigenvalue weighted by Crippen LogP contribution is 2.17. The third-order valence-electron chi connectivity index (χ3n) is 3.49. The number of non-ortho nitro benzene ring substituents is 1. The fourth-order valence-corrected chi connectivity index (χ4v) is 2.12. The van der Waals surface area contributed by atoms with E-state index < -0.39 is 16.8 Å². The highest BCUT2D eigenvalue weighted by molar-refractivity contribution is 5.93. The van der Waals surface area contributed by atoms with E-state index in [4.69, 9.17) is 14.2 Å². The highest BCUT2D eigenvalue weighted by atomic mass is 16.6. The highest BCUT2D eigenvalue weighted by Gasteiger charge is 2.09. The number of nitro groups is 1. The average Bonchev–Trinajstić information content (AvgIpc) is 2.70. The Morgan fingerprint density at radius 3 is 2.32 bits per heavy atom. The number of benzene rings is 2. The van der Waals surface area contributed by atoms with Gasteiger partial charge in [-0.1, -0.05) is 0 Å². The lowest BCUT2D eigenvalue weighted by atomic mass is 10.2. The first kappa shape index (κ1) is 20.8.